The zero-order chi connectivity index (χ0) is 15.0. The van der Waals surface area contributed by atoms with Crippen molar-refractivity contribution in [1.82, 2.24) is 4.57 Å². The van der Waals surface area contributed by atoms with Crippen LogP contribution in [0.25, 0.3) is 0 Å². The highest BCUT2D eigenvalue weighted by atomic mass is 32.2. The molecule has 2 aromatic rings. The molecular weight excluding hydrogens is 286 g/mol. The Bertz CT molecular complexity index is 766. The normalized spacial score (nSPS) is 16.7. The van der Waals surface area contributed by atoms with Gasteiger partial charge in [-0.2, -0.15) is 0 Å². The molecule has 1 atom stereocenters. The molecule has 0 saturated heterocycles. The first kappa shape index (κ1) is 13.9. The summed E-state index contributed by atoms with van der Waals surface area (Å²) in [5, 5.41) is 9.09. The van der Waals surface area contributed by atoms with Crippen molar-refractivity contribution in [3.8, 4) is 0 Å². The number of nitrogens with zero attached hydrogens (tertiary/aromatic N) is 1. The van der Waals surface area contributed by atoms with Gasteiger partial charge >= 0.3 is 5.97 Å². The van der Waals surface area contributed by atoms with Crippen LogP contribution < -0.4 is 5.56 Å². The summed E-state index contributed by atoms with van der Waals surface area (Å²) in [6.45, 7) is 0. The average Bonchev–Trinajstić information content (AvgIpc) is 2.91. The lowest BCUT2D eigenvalue weighted by Crippen LogP contribution is -2.28. The van der Waals surface area contributed by atoms with Gasteiger partial charge < -0.3 is 9.67 Å². The van der Waals surface area contributed by atoms with Gasteiger partial charge in [-0.1, -0.05) is 12.1 Å². The van der Waals surface area contributed by atoms with Crippen molar-refractivity contribution in [3.63, 3.8) is 0 Å². The predicted octanol–water partition coefficient (Wildman–Crippen LogP) is 2.80. The number of rotatable bonds is 3. The maximum Gasteiger partial charge on any atom is 0.341 e. The fourth-order valence-electron chi connectivity index (χ4n) is 3.00. The van der Waals surface area contributed by atoms with Gasteiger partial charge in [-0.25, -0.2) is 4.79 Å². The Balaban J connectivity index is 2.12. The second-order valence-corrected chi connectivity index (χ2v) is 5.87. The van der Waals surface area contributed by atoms with E-state index in [9.17, 15) is 9.59 Å². The quantitative estimate of drug-likeness (QED) is 0.886. The van der Waals surface area contributed by atoms with Crippen LogP contribution in [0.3, 0.4) is 0 Å². The van der Waals surface area contributed by atoms with E-state index in [0.717, 1.165) is 18.4 Å². The topological polar surface area (TPSA) is 59.3 Å². The molecule has 5 heteroatoms. The molecule has 1 unspecified atom stereocenters. The van der Waals surface area contributed by atoms with Gasteiger partial charge in [0.05, 0.1) is 6.04 Å². The summed E-state index contributed by atoms with van der Waals surface area (Å²) in [6, 6.07) is 9.03. The molecule has 0 saturated carbocycles. The van der Waals surface area contributed by atoms with Crippen molar-refractivity contribution >= 4 is 17.7 Å². The van der Waals surface area contributed by atoms with E-state index in [2.05, 4.69) is 6.07 Å². The third-order valence-electron chi connectivity index (χ3n) is 3.96. The Hall–Kier alpha value is -2.01. The van der Waals surface area contributed by atoms with Crippen LogP contribution in [-0.4, -0.2) is 21.9 Å². The summed E-state index contributed by atoms with van der Waals surface area (Å²) < 4.78 is 1.55. The molecule has 1 heterocycles. The summed E-state index contributed by atoms with van der Waals surface area (Å²) in [6.07, 6.45) is 5.47. The monoisotopic (exact) mass is 301 g/mol. The van der Waals surface area contributed by atoms with E-state index in [1.54, 1.807) is 28.6 Å². The number of carboxylic acids is 1. The van der Waals surface area contributed by atoms with Gasteiger partial charge in [0.15, 0.2) is 0 Å². The van der Waals surface area contributed by atoms with E-state index in [-0.39, 0.29) is 11.6 Å². The van der Waals surface area contributed by atoms with Crippen molar-refractivity contribution in [2.45, 2.75) is 23.8 Å². The first-order chi connectivity index (χ1) is 10.1. The first-order valence-corrected chi connectivity index (χ1v) is 7.96. The van der Waals surface area contributed by atoms with Crippen LogP contribution in [-0.2, 0) is 6.42 Å². The van der Waals surface area contributed by atoms with E-state index < -0.39 is 11.5 Å². The van der Waals surface area contributed by atoms with Crippen LogP contribution in [0.4, 0.5) is 0 Å². The van der Waals surface area contributed by atoms with E-state index >= 15 is 0 Å². The number of carboxylic acid groups (broad SMARTS) is 1. The zero-order valence-corrected chi connectivity index (χ0v) is 12.4. The molecule has 0 radical (unpaired) electrons. The van der Waals surface area contributed by atoms with Crippen LogP contribution in [0.15, 0.2) is 46.2 Å². The third-order valence-corrected chi connectivity index (χ3v) is 4.78. The van der Waals surface area contributed by atoms with Crippen molar-refractivity contribution in [2.24, 2.45) is 0 Å². The second-order valence-electron chi connectivity index (χ2n) is 5.02. The Kier molecular flexibility index (Phi) is 3.59. The first-order valence-electron chi connectivity index (χ1n) is 6.73. The predicted molar refractivity (Wildman–Crippen MR) is 82.3 cm³/mol. The number of hydrogen-bond donors (Lipinski definition) is 1. The molecule has 3 rings (SSSR count). The van der Waals surface area contributed by atoms with Gasteiger partial charge in [0.1, 0.15) is 5.56 Å². The molecule has 0 spiro atoms. The average molecular weight is 301 g/mol. The summed E-state index contributed by atoms with van der Waals surface area (Å²) in [5.74, 6) is -1.18. The van der Waals surface area contributed by atoms with Crippen LogP contribution in [0.1, 0.15) is 33.9 Å². The van der Waals surface area contributed by atoms with Crippen molar-refractivity contribution in [1.29, 1.82) is 0 Å². The molecule has 1 aromatic carbocycles. The largest absolute Gasteiger partial charge is 0.477 e. The maximum atomic E-state index is 12.3. The van der Waals surface area contributed by atoms with Crippen molar-refractivity contribution < 1.29 is 9.90 Å². The Labute approximate surface area is 126 Å². The molecule has 0 bridgehead atoms. The molecular formula is C16H15NO3S. The summed E-state index contributed by atoms with van der Waals surface area (Å²) in [4.78, 5) is 24.7. The molecule has 1 N–H and O–H groups in total. The smallest absolute Gasteiger partial charge is 0.341 e. The standard InChI is InChI=1S/C16H15NO3S/c1-21-14-6-2-4-10-11(14)7-8-13(10)17-9-3-5-12(15(17)18)16(19)20/h2-6,9,13H,7-8H2,1H3,(H,19,20). The zero-order valence-electron chi connectivity index (χ0n) is 11.6. The van der Waals surface area contributed by atoms with Gasteiger partial charge in [-0.3, -0.25) is 4.79 Å². The van der Waals surface area contributed by atoms with Crippen LogP contribution in [0.5, 0.6) is 0 Å². The fraction of sp³-hybridized carbons (Fsp3) is 0.250. The molecule has 1 aliphatic rings. The summed E-state index contributed by atoms with van der Waals surface area (Å²) in [7, 11) is 0. The lowest BCUT2D eigenvalue weighted by molar-refractivity contribution is 0.0694. The molecule has 4 nitrogen and oxygen atoms in total. The summed E-state index contributed by atoms with van der Waals surface area (Å²) in [5.41, 5.74) is 1.80. The molecule has 1 aliphatic carbocycles. The van der Waals surface area contributed by atoms with E-state index in [1.807, 2.05) is 18.4 Å². The molecule has 0 amide bonds. The lowest BCUT2D eigenvalue weighted by atomic mass is 10.1. The SMILES string of the molecule is CSc1cccc2c1CCC2n1cccc(C(=O)O)c1=O. The molecule has 0 fully saturated rings. The molecule has 1 aromatic heterocycles. The minimum atomic E-state index is -1.18. The van der Waals surface area contributed by atoms with Crippen LogP contribution in [0, 0.1) is 0 Å². The van der Waals surface area contributed by atoms with Gasteiger partial charge in [0.25, 0.3) is 5.56 Å². The second kappa shape index (κ2) is 5.41. The maximum absolute atomic E-state index is 12.3. The highest BCUT2D eigenvalue weighted by Gasteiger charge is 2.27. The Morgan fingerprint density at radius 2 is 2.14 bits per heavy atom. The summed E-state index contributed by atoms with van der Waals surface area (Å²) >= 11 is 1.70. The van der Waals surface area contributed by atoms with E-state index in [4.69, 9.17) is 5.11 Å². The van der Waals surface area contributed by atoms with Gasteiger partial charge in [0.2, 0.25) is 0 Å². The Morgan fingerprint density at radius 1 is 1.33 bits per heavy atom. The minimum Gasteiger partial charge on any atom is -0.477 e. The molecule has 0 aliphatic heterocycles. The van der Waals surface area contributed by atoms with Crippen molar-refractivity contribution in [3.05, 3.63) is 63.6 Å². The van der Waals surface area contributed by atoms with E-state index in [1.165, 1.54) is 16.5 Å². The third kappa shape index (κ3) is 2.27. The minimum absolute atomic E-state index is 0.0705. The number of thioether (sulfide) groups is 1. The fourth-order valence-corrected chi connectivity index (χ4v) is 3.68. The highest BCUT2D eigenvalue weighted by molar-refractivity contribution is 7.98. The number of hydrogen-bond acceptors (Lipinski definition) is 3. The number of aromatic carboxylic acids is 1. The van der Waals surface area contributed by atoms with Gasteiger partial charge in [-0.05, 0) is 48.4 Å². The lowest BCUT2D eigenvalue weighted by Gasteiger charge is -2.16. The number of aromatic nitrogens is 1. The van der Waals surface area contributed by atoms with Gasteiger partial charge in [0, 0.05) is 11.1 Å². The molecule has 108 valence electrons. The number of carbonyl (C=O) groups is 1. The van der Waals surface area contributed by atoms with Crippen LogP contribution >= 0.6 is 11.8 Å². The van der Waals surface area contributed by atoms with E-state index in [0.29, 0.717) is 0 Å². The number of fused-ring (bicyclic) bond motifs is 1. The number of pyridine rings is 1. The molecule has 21 heavy (non-hydrogen) atoms. The van der Waals surface area contributed by atoms with Crippen molar-refractivity contribution in [2.75, 3.05) is 6.26 Å². The number of benzene rings is 1. The Morgan fingerprint density at radius 3 is 2.86 bits per heavy atom. The van der Waals surface area contributed by atoms with Gasteiger partial charge in [-0.15, -0.1) is 11.8 Å². The highest BCUT2D eigenvalue weighted by Crippen LogP contribution is 2.38. The van der Waals surface area contributed by atoms with Crippen LogP contribution in [0.2, 0.25) is 0 Å².